The molecule has 0 aromatic heterocycles. The fourth-order valence-corrected chi connectivity index (χ4v) is 3.74. The van der Waals surface area contributed by atoms with E-state index < -0.39 is 0 Å². The molecule has 2 N–H and O–H groups in total. The van der Waals surface area contributed by atoms with E-state index in [1.807, 2.05) is 0 Å². The van der Waals surface area contributed by atoms with Gasteiger partial charge in [-0.3, -0.25) is 4.99 Å². The third-order valence-electron chi connectivity index (χ3n) is 5.46. The van der Waals surface area contributed by atoms with Gasteiger partial charge in [-0.15, -0.1) is 0 Å². The first-order chi connectivity index (χ1) is 12.7. The van der Waals surface area contributed by atoms with Gasteiger partial charge in [-0.1, -0.05) is 13.3 Å². The topological polar surface area (TPSA) is 52.1 Å². The van der Waals surface area contributed by atoms with E-state index in [-0.39, 0.29) is 0 Å². The minimum absolute atomic E-state index is 0.543. The monoisotopic (exact) mass is 367 g/mol. The van der Waals surface area contributed by atoms with Crippen molar-refractivity contribution in [1.82, 2.24) is 20.4 Å². The van der Waals surface area contributed by atoms with E-state index in [1.165, 1.54) is 58.3 Å². The minimum atomic E-state index is 0.543. The number of rotatable bonds is 10. The summed E-state index contributed by atoms with van der Waals surface area (Å²) in [6.07, 6.45) is 6.17. The number of piperidine rings is 1. The van der Waals surface area contributed by atoms with Crippen molar-refractivity contribution in [2.75, 3.05) is 66.1 Å². The first kappa shape index (κ1) is 21.5. The lowest BCUT2D eigenvalue weighted by atomic mass is 10.0. The number of nitrogens with zero attached hydrogens (tertiary/aromatic N) is 3. The highest BCUT2D eigenvalue weighted by Gasteiger charge is 2.24. The zero-order valence-electron chi connectivity index (χ0n) is 17.3. The van der Waals surface area contributed by atoms with Gasteiger partial charge >= 0.3 is 0 Å². The van der Waals surface area contributed by atoms with Gasteiger partial charge in [0.1, 0.15) is 0 Å². The molecular weight excluding hydrogens is 326 g/mol. The Morgan fingerprint density at radius 2 is 2.00 bits per heavy atom. The van der Waals surface area contributed by atoms with Gasteiger partial charge in [0.05, 0.1) is 13.2 Å². The summed E-state index contributed by atoms with van der Waals surface area (Å²) in [4.78, 5) is 9.77. The van der Waals surface area contributed by atoms with Crippen molar-refractivity contribution in [3.05, 3.63) is 0 Å². The van der Waals surface area contributed by atoms with E-state index >= 15 is 0 Å². The molecule has 0 saturated carbocycles. The number of aliphatic imine (C=N–C) groups is 1. The Balaban J connectivity index is 1.67. The maximum absolute atomic E-state index is 5.51. The molecule has 6 heteroatoms. The molecule has 2 aliphatic rings. The first-order valence-corrected chi connectivity index (χ1v) is 10.7. The molecule has 2 aliphatic heterocycles. The molecule has 1 unspecified atom stereocenters. The van der Waals surface area contributed by atoms with E-state index in [0.717, 1.165) is 44.7 Å². The van der Waals surface area contributed by atoms with Crippen molar-refractivity contribution >= 4 is 5.96 Å². The standard InChI is InChI=1S/C20H41N5O/c1-4-6-11-24(3)14-10-22-20(21-5-2)23-19-7-12-25(13-8-19)16-18-9-15-26-17-18/h18-19H,4-17H2,1-3H3,(H2,21,22,23). The number of hydrogen-bond acceptors (Lipinski definition) is 4. The largest absolute Gasteiger partial charge is 0.381 e. The average molecular weight is 368 g/mol. The van der Waals surface area contributed by atoms with Crippen LogP contribution in [0.4, 0.5) is 0 Å². The van der Waals surface area contributed by atoms with Gasteiger partial charge in [-0.05, 0) is 52.1 Å². The van der Waals surface area contributed by atoms with Crippen LogP contribution in [0.15, 0.2) is 4.99 Å². The summed E-state index contributed by atoms with van der Waals surface area (Å²) in [5, 5.41) is 7.06. The maximum Gasteiger partial charge on any atom is 0.191 e. The number of hydrogen-bond donors (Lipinski definition) is 2. The SMILES string of the molecule is CCCCN(C)CCN=C(NCC)NC1CCN(CC2CCOC2)CC1. The Morgan fingerprint density at radius 3 is 2.65 bits per heavy atom. The summed E-state index contributed by atoms with van der Waals surface area (Å²) in [6.45, 7) is 13.8. The second kappa shape index (κ2) is 12.5. The van der Waals surface area contributed by atoms with E-state index in [4.69, 9.17) is 9.73 Å². The summed E-state index contributed by atoms with van der Waals surface area (Å²) in [6, 6.07) is 0.543. The Kier molecular flexibility index (Phi) is 10.3. The molecule has 2 fully saturated rings. The van der Waals surface area contributed by atoms with Crippen LogP contribution in [0, 0.1) is 5.92 Å². The fourth-order valence-electron chi connectivity index (χ4n) is 3.74. The zero-order valence-corrected chi connectivity index (χ0v) is 17.3. The zero-order chi connectivity index (χ0) is 18.6. The van der Waals surface area contributed by atoms with Crippen molar-refractivity contribution in [2.45, 2.75) is 52.0 Å². The molecule has 0 bridgehead atoms. The van der Waals surface area contributed by atoms with E-state index in [9.17, 15) is 0 Å². The van der Waals surface area contributed by atoms with Gasteiger partial charge in [0.15, 0.2) is 5.96 Å². The number of ether oxygens (including phenoxy) is 1. The lowest BCUT2D eigenvalue weighted by Gasteiger charge is -2.34. The Hall–Kier alpha value is -0.850. The molecule has 0 radical (unpaired) electrons. The molecule has 152 valence electrons. The van der Waals surface area contributed by atoms with Crippen molar-refractivity contribution in [3.8, 4) is 0 Å². The number of likely N-dealkylation sites (N-methyl/N-ethyl adjacent to an activating group) is 1. The summed E-state index contributed by atoms with van der Waals surface area (Å²) >= 11 is 0. The van der Waals surface area contributed by atoms with Gasteiger partial charge in [0, 0.05) is 45.4 Å². The molecular formula is C20H41N5O. The highest BCUT2D eigenvalue weighted by atomic mass is 16.5. The van der Waals surface area contributed by atoms with E-state index in [1.54, 1.807) is 0 Å². The van der Waals surface area contributed by atoms with Crippen molar-refractivity contribution in [3.63, 3.8) is 0 Å². The molecule has 1 atom stereocenters. The number of nitrogens with one attached hydrogen (secondary N) is 2. The normalized spacial score (nSPS) is 22.9. The van der Waals surface area contributed by atoms with Crippen LogP contribution in [-0.4, -0.2) is 87.9 Å². The molecule has 0 aliphatic carbocycles. The molecule has 0 spiro atoms. The summed E-state index contributed by atoms with van der Waals surface area (Å²) in [5.74, 6) is 1.74. The lowest BCUT2D eigenvalue weighted by Crippen LogP contribution is -2.49. The van der Waals surface area contributed by atoms with Crippen LogP contribution in [0.2, 0.25) is 0 Å². The van der Waals surface area contributed by atoms with E-state index in [2.05, 4.69) is 41.3 Å². The van der Waals surface area contributed by atoms with Crippen molar-refractivity contribution in [1.29, 1.82) is 0 Å². The Morgan fingerprint density at radius 1 is 1.19 bits per heavy atom. The highest BCUT2D eigenvalue weighted by molar-refractivity contribution is 5.80. The Bertz CT molecular complexity index is 390. The number of likely N-dealkylation sites (tertiary alicyclic amines) is 1. The molecule has 2 rings (SSSR count). The first-order valence-electron chi connectivity index (χ1n) is 10.7. The molecule has 6 nitrogen and oxygen atoms in total. The lowest BCUT2D eigenvalue weighted by molar-refractivity contribution is 0.150. The predicted octanol–water partition coefficient (Wildman–Crippen LogP) is 1.77. The second-order valence-corrected chi connectivity index (χ2v) is 7.87. The van der Waals surface area contributed by atoms with Crippen molar-refractivity contribution in [2.24, 2.45) is 10.9 Å². The van der Waals surface area contributed by atoms with Crippen LogP contribution in [0.1, 0.15) is 46.0 Å². The summed E-state index contributed by atoms with van der Waals surface area (Å²) in [5.41, 5.74) is 0. The predicted molar refractivity (Wildman–Crippen MR) is 110 cm³/mol. The van der Waals surface area contributed by atoms with Crippen molar-refractivity contribution < 1.29 is 4.74 Å². The Labute approximate surface area is 160 Å². The third kappa shape index (κ3) is 8.23. The average Bonchev–Trinajstić information content (AvgIpc) is 3.15. The number of guanidine groups is 1. The van der Waals surface area contributed by atoms with Crippen LogP contribution in [0.5, 0.6) is 0 Å². The van der Waals surface area contributed by atoms with Gasteiger partial charge in [0.2, 0.25) is 0 Å². The van der Waals surface area contributed by atoms with Gasteiger partial charge < -0.3 is 25.2 Å². The van der Waals surface area contributed by atoms with Crippen LogP contribution >= 0.6 is 0 Å². The third-order valence-corrected chi connectivity index (χ3v) is 5.46. The molecule has 26 heavy (non-hydrogen) atoms. The van der Waals surface area contributed by atoms with Crippen LogP contribution < -0.4 is 10.6 Å². The molecule has 2 heterocycles. The smallest absolute Gasteiger partial charge is 0.191 e. The van der Waals surface area contributed by atoms with E-state index in [0.29, 0.717) is 6.04 Å². The molecule has 0 amide bonds. The van der Waals surface area contributed by atoms with Gasteiger partial charge in [-0.2, -0.15) is 0 Å². The van der Waals surface area contributed by atoms with Crippen LogP contribution in [0.3, 0.4) is 0 Å². The molecule has 0 aromatic carbocycles. The molecule has 0 aromatic rings. The highest BCUT2D eigenvalue weighted by Crippen LogP contribution is 2.17. The second-order valence-electron chi connectivity index (χ2n) is 7.87. The van der Waals surface area contributed by atoms with Gasteiger partial charge in [0.25, 0.3) is 0 Å². The fraction of sp³-hybridized carbons (Fsp3) is 0.950. The summed E-state index contributed by atoms with van der Waals surface area (Å²) < 4.78 is 5.51. The maximum atomic E-state index is 5.51. The summed E-state index contributed by atoms with van der Waals surface area (Å²) in [7, 11) is 2.19. The quantitative estimate of drug-likeness (QED) is 0.455. The van der Waals surface area contributed by atoms with Gasteiger partial charge in [-0.25, -0.2) is 0 Å². The molecule has 2 saturated heterocycles. The van der Waals surface area contributed by atoms with Crippen LogP contribution in [0.25, 0.3) is 0 Å². The minimum Gasteiger partial charge on any atom is -0.381 e. The number of unbranched alkanes of at least 4 members (excludes halogenated alkanes) is 1. The van der Waals surface area contributed by atoms with Crippen LogP contribution in [-0.2, 0) is 4.74 Å².